The molecule has 4 aromatic rings. The van der Waals surface area contributed by atoms with Crippen molar-refractivity contribution in [3.63, 3.8) is 0 Å². The third-order valence-electron chi connectivity index (χ3n) is 10.8. The summed E-state index contributed by atoms with van der Waals surface area (Å²) in [5, 5.41) is 32.1. The number of aryl methyl sites for hydroxylation is 3. The van der Waals surface area contributed by atoms with Gasteiger partial charge in [-0.25, -0.2) is 28.1 Å². The van der Waals surface area contributed by atoms with Gasteiger partial charge in [0.25, 0.3) is 0 Å². The van der Waals surface area contributed by atoms with E-state index in [1.54, 1.807) is 57.2 Å². The molecule has 0 bridgehead atoms. The molecule has 4 rings (SSSR count). The van der Waals surface area contributed by atoms with Gasteiger partial charge >= 0.3 is 35.0 Å². The third-order valence-corrected chi connectivity index (χ3v) is 10.8. The Morgan fingerprint density at radius 2 is 0.667 bits per heavy atom. The summed E-state index contributed by atoms with van der Waals surface area (Å²) in [5.74, 6) is -2.27. The van der Waals surface area contributed by atoms with Gasteiger partial charge in [-0.2, -0.15) is 0 Å². The second-order valence-electron chi connectivity index (χ2n) is 19.4. The van der Waals surface area contributed by atoms with Crippen molar-refractivity contribution in [3.05, 3.63) is 118 Å². The first-order chi connectivity index (χ1) is 28.8. The highest BCUT2D eigenvalue weighted by Gasteiger charge is 2.30. The fourth-order valence-electron chi connectivity index (χ4n) is 7.46. The molecule has 3 unspecified atom stereocenters. The van der Waals surface area contributed by atoms with Crippen LogP contribution in [-0.2, 0) is 64.1 Å². The third kappa shape index (κ3) is 11.3. The van der Waals surface area contributed by atoms with Crippen molar-refractivity contribution in [1.29, 1.82) is 0 Å². The van der Waals surface area contributed by atoms with Crippen LogP contribution in [-0.4, -0.2) is 46.9 Å². The van der Waals surface area contributed by atoms with E-state index in [1.807, 2.05) is 62.3 Å². The Hall–Kier alpha value is -6.12. The number of aromatic nitrogens is 3. The summed E-state index contributed by atoms with van der Waals surface area (Å²) >= 11 is 0. The molecule has 1 aromatic heterocycles. The number of carbonyl (C=O) groups excluding carboxylic acids is 3. The van der Waals surface area contributed by atoms with Crippen molar-refractivity contribution in [2.75, 3.05) is 0 Å². The SMILES string of the molecule is Cc1cc(CC(=O)OC(C)n2c(=O)n(C(C)OC(=O)Cc3cc(C)c(O)c(C(C)(C)C)c3)c(=O)n(C(C)OC(=O)Cc3cc(C)c(O)c(C(C)(C)C)c3)c2=O)cc(C(C)(C)C)c1O. The average molecular weight is 874 g/mol. The number of hydrogen-bond acceptors (Lipinski definition) is 12. The molecule has 0 saturated carbocycles. The van der Waals surface area contributed by atoms with Gasteiger partial charge in [-0.15, -0.1) is 0 Å². The molecule has 0 aliphatic heterocycles. The number of ether oxygens (including phenoxy) is 3. The van der Waals surface area contributed by atoms with Gasteiger partial charge in [0.2, 0.25) is 0 Å². The summed E-state index contributed by atoms with van der Waals surface area (Å²) in [6, 6.07) is 9.88. The van der Waals surface area contributed by atoms with Crippen LogP contribution in [0.15, 0.2) is 50.8 Å². The highest BCUT2D eigenvalue weighted by atomic mass is 16.6. The van der Waals surface area contributed by atoms with Crippen LogP contribution in [0.5, 0.6) is 17.2 Å². The first kappa shape index (κ1) is 49.5. The van der Waals surface area contributed by atoms with Crippen LogP contribution < -0.4 is 17.1 Å². The van der Waals surface area contributed by atoms with Crippen molar-refractivity contribution in [2.45, 2.75) is 158 Å². The molecule has 342 valence electrons. The molecule has 3 atom stereocenters. The fourth-order valence-corrected chi connectivity index (χ4v) is 7.46. The first-order valence-corrected chi connectivity index (χ1v) is 20.9. The first-order valence-electron chi connectivity index (χ1n) is 20.9. The highest BCUT2D eigenvalue weighted by molar-refractivity contribution is 5.74. The molecule has 63 heavy (non-hydrogen) atoms. The van der Waals surface area contributed by atoms with Crippen LogP contribution in [0.3, 0.4) is 0 Å². The predicted octanol–water partition coefficient (Wildman–Crippen LogP) is 7.02. The quantitative estimate of drug-likeness (QED) is 0.0971. The molecule has 15 nitrogen and oxygen atoms in total. The molecular weight excluding hydrogens is 811 g/mol. The van der Waals surface area contributed by atoms with Crippen LogP contribution >= 0.6 is 0 Å². The smallest absolute Gasteiger partial charge is 0.342 e. The van der Waals surface area contributed by atoms with E-state index < -0.39 is 69.9 Å². The maximum atomic E-state index is 14.2. The molecular formula is C48H63N3O12. The molecule has 0 amide bonds. The number of phenols is 3. The van der Waals surface area contributed by atoms with E-state index >= 15 is 0 Å². The Balaban J connectivity index is 1.75. The molecule has 15 heteroatoms. The number of aromatic hydroxyl groups is 3. The van der Waals surface area contributed by atoms with Gasteiger partial charge in [-0.1, -0.05) is 98.7 Å². The van der Waals surface area contributed by atoms with Crippen LogP contribution in [0.4, 0.5) is 0 Å². The Labute approximate surface area is 367 Å². The van der Waals surface area contributed by atoms with E-state index in [4.69, 9.17) is 14.2 Å². The normalized spacial score (nSPS) is 13.6. The number of esters is 3. The molecule has 3 aromatic carbocycles. The lowest BCUT2D eigenvalue weighted by molar-refractivity contribution is -0.153. The van der Waals surface area contributed by atoms with Crippen molar-refractivity contribution in [3.8, 4) is 17.2 Å². The Morgan fingerprint density at radius 3 is 0.857 bits per heavy atom. The zero-order valence-corrected chi connectivity index (χ0v) is 39.2. The molecule has 0 radical (unpaired) electrons. The number of rotatable bonds is 12. The van der Waals surface area contributed by atoms with Gasteiger partial charge in [-0.3, -0.25) is 14.4 Å². The van der Waals surface area contributed by atoms with Crippen molar-refractivity contribution >= 4 is 17.9 Å². The number of phenolic OH excluding ortho intramolecular Hbond substituents is 3. The maximum absolute atomic E-state index is 14.2. The van der Waals surface area contributed by atoms with Crippen LogP contribution in [0.25, 0.3) is 0 Å². The lowest BCUT2D eigenvalue weighted by Gasteiger charge is -2.24. The topological polar surface area (TPSA) is 206 Å². The average Bonchev–Trinajstić information content (AvgIpc) is 3.10. The summed E-state index contributed by atoms with van der Waals surface area (Å²) < 4.78 is 18.4. The molecule has 1 heterocycles. The lowest BCUT2D eigenvalue weighted by Crippen LogP contribution is -2.57. The fraction of sp³-hybridized carbons (Fsp3) is 0.500. The van der Waals surface area contributed by atoms with Crippen LogP contribution in [0, 0.1) is 20.8 Å². The van der Waals surface area contributed by atoms with Gasteiger partial charge in [0.15, 0.2) is 18.7 Å². The number of nitrogens with zero attached hydrogens (tertiary/aromatic N) is 3. The second kappa shape index (κ2) is 18.3. The van der Waals surface area contributed by atoms with E-state index in [9.17, 15) is 44.1 Å². The van der Waals surface area contributed by atoms with E-state index in [0.29, 0.717) is 63.8 Å². The molecule has 3 N–H and O–H groups in total. The number of benzene rings is 3. The van der Waals surface area contributed by atoms with Gasteiger partial charge in [0.1, 0.15) is 17.2 Å². The minimum absolute atomic E-state index is 0.0904. The Bertz CT molecular complexity index is 2300. The molecule has 0 aliphatic rings. The van der Waals surface area contributed by atoms with Crippen LogP contribution in [0.1, 0.15) is 152 Å². The zero-order valence-electron chi connectivity index (χ0n) is 39.2. The van der Waals surface area contributed by atoms with Crippen molar-refractivity contribution in [2.24, 2.45) is 0 Å². The largest absolute Gasteiger partial charge is 0.507 e. The zero-order chi connectivity index (χ0) is 47.8. The standard InChI is InChI=1S/C48H63N3O12/c1-25-16-31(19-34(40(25)55)46(7,8)9)22-37(52)61-28(4)49-43(58)50(29(5)62-38(53)23-32-17-26(2)41(56)35(20-32)47(10,11)12)45(60)51(44(49)59)30(6)63-39(54)24-33-18-27(3)42(57)36(21-33)48(13,14)15/h16-21,28-30,55-57H,22-24H2,1-15H3. The summed E-state index contributed by atoms with van der Waals surface area (Å²) in [4.78, 5) is 82.9. The summed E-state index contributed by atoms with van der Waals surface area (Å²) in [5.41, 5.74) is -0.347. The lowest BCUT2D eigenvalue weighted by atomic mass is 9.84. The molecule has 0 saturated heterocycles. The molecule has 0 aliphatic carbocycles. The summed E-state index contributed by atoms with van der Waals surface area (Å²) in [6.45, 7) is 26.0. The summed E-state index contributed by atoms with van der Waals surface area (Å²) in [6.07, 6.45) is -5.81. The van der Waals surface area contributed by atoms with Crippen molar-refractivity contribution < 1.29 is 43.9 Å². The minimum atomic E-state index is -1.63. The number of hydrogen-bond donors (Lipinski definition) is 3. The number of carbonyl (C=O) groups is 3. The van der Waals surface area contributed by atoms with E-state index in [2.05, 4.69) is 0 Å². The van der Waals surface area contributed by atoms with E-state index in [0.717, 1.165) is 0 Å². The minimum Gasteiger partial charge on any atom is -0.507 e. The summed E-state index contributed by atoms with van der Waals surface area (Å²) in [7, 11) is 0. The second-order valence-corrected chi connectivity index (χ2v) is 19.4. The van der Waals surface area contributed by atoms with Gasteiger partial charge in [-0.05, 0) is 108 Å². The van der Waals surface area contributed by atoms with E-state index in [1.165, 1.54) is 20.8 Å². The maximum Gasteiger partial charge on any atom is 0.342 e. The Morgan fingerprint density at radius 1 is 0.460 bits per heavy atom. The monoisotopic (exact) mass is 873 g/mol. The predicted molar refractivity (Wildman–Crippen MR) is 237 cm³/mol. The van der Waals surface area contributed by atoms with Gasteiger partial charge < -0.3 is 29.5 Å². The van der Waals surface area contributed by atoms with Gasteiger partial charge in [0.05, 0.1) is 19.3 Å². The van der Waals surface area contributed by atoms with Crippen LogP contribution in [0.2, 0.25) is 0 Å². The molecule has 0 fully saturated rings. The highest BCUT2D eigenvalue weighted by Crippen LogP contribution is 2.36. The van der Waals surface area contributed by atoms with E-state index in [-0.39, 0.29) is 36.5 Å². The van der Waals surface area contributed by atoms with Gasteiger partial charge in [0, 0.05) is 0 Å². The van der Waals surface area contributed by atoms with Crippen molar-refractivity contribution in [1.82, 2.24) is 13.7 Å². The molecule has 0 spiro atoms. The Kier molecular flexibility index (Phi) is 14.4.